The van der Waals surface area contributed by atoms with Crippen molar-refractivity contribution in [2.24, 2.45) is 0 Å². The lowest BCUT2D eigenvalue weighted by atomic mass is 10.0. The van der Waals surface area contributed by atoms with Crippen LogP contribution in [0.4, 0.5) is 0 Å². The molecule has 7 aromatic carbocycles. The standard InChI is InChI=1S/C45H28N4O/c1-4-12-29(13-5-1)32-21-25-41-38(26-32)36-23-22-34(28-42(36)50-41)49-39-19-11-10-18-35(39)37-27-33(20-24-40(37)49)45-47-43(30-14-6-2-7-15-30)46-44(48-45)31-16-8-3-9-17-31/h1-28H. The van der Waals surface area contributed by atoms with Gasteiger partial charge in [-0.15, -0.1) is 0 Å². The van der Waals surface area contributed by atoms with Crippen molar-refractivity contribution >= 4 is 43.7 Å². The molecule has 234 valence electrons. The van der Waals surface area contributed by atoms with Crippen molar-refractivity contribution < 1.29 is 4.42 Å². The molecule has 3 aromatic heterocycles. The zero-order valence-corrected chi connectivity index (χ0v) is 26.9. The third-order valence-corrected chi connectivity index (χ3v) is 9.45. The number of hydrogen-bond donors (Lipinski definition) is 0. The van der Waals surface area contributed by atoms with Gasteiger partial charge in [-0.1, -0.05) is 115 Å². The van der Waals surface area contributed by atoms with Gasteiger partial charge in [0.2, 0.25) is 0 Å². The highest BCUT2D eigenvalue weighted by Crippen LogP contribution is 2.38. The van der Waals surface area contributed by atoms with Crippen LogP contribution in [-0.4, -0.2) is 19.5 Å². The van der Waals surface area contributed by atoms with Crippen molar-refractivity contribution in [1.82, 2.24) is 19.5 Å². The number of benzene rings is 7. The maximum absolute atomic E-state index is 6.44. The number of para-hydroxylation sites is 1. The second-order valence-corrected chi connectivity index (χ2v) is 12.5. The first-order chi connectivity index (χ1) is 24.8. The van der Waals surface area contributed by atoms with Gasteiger partial charge in [0, 0.05) is 50.0 Å². The SMILES string of the molecule is c1ccc(-c2ccc3oc4cc(-n5c6ccccc6c6cc(-c7nc(-c8ccccc8)nc(-c8ccccc8)n7)ccc65)ccc4c3c2)cc1. The predicted octanol–water partition coefficient (Wildman–Crippen LogP) is 11.5. The van der Waals surface area contributed by atoms with Gasteiger partial charge in [0.05, 0.1) is 11.0 Å². The van der Waals surface area contributed by atoms with Gasteiger partial charge >= 0.3 is 0 Å². The van der Waals surface area contributed by atoms with Crippen LogP contribution in [0.15, 0.2) is 174 Å². The van der Waals surface area contributed by atoms with Crippen LogP contribution in [0.3, 0.4) is 0 Å². The van der Waals surface area contributed by atoms with E-state index in [1.165, 1.54) is 11.1 Å². The van der Waals surface area contributed by atoms with Gasteiger partial charge in [-0.25, -0.2) is 15.0 Å². The Balaban J connectivity index is 1.13. The van der Waals surface area contributed by atoms with E-state index in [1.54, 1.807) is 0 Å². The first kappa shape index (κ1) is 28.2. The van der Waals surface area contributed by atoms with Gasteiger partial charge in [0.15, 0.2) is 17.5 Å². The van der Waals surface area contributed by atoms with Crippen molar-refractivity contribution in [1.29, 1.82) is 0 Å². The largest absolute Gasteiger partial charge is 0.456 e. The molecule has 0 N–H and O–H groups in total. The van der Waals surface area contributed by atoms with E-state index in [2.05, 4.69) is 108 Å². The third kappa shape index (κ3) is 4.67. The maximum atomic E-state index is 6.44. The molecule has 0 saturated heterocycles. The van der Waals surface area contributed by atoms with Crippen molar-refractivity contribution in [2.75, 3.05) is 0 Å². The zero-order valence-electron chi connectivity index (χ0n) is 26.9. The van der Waals surface area contributed by atoms with E-state index in [-0.39, 0.29) is 0 Å². The second-order valence-electron chi connectivity index (χ2n) is 12.5. The molecule has 0 aliphatic carbocycles. The molecule has 5 nitrogen and oxygen atoms in total. The number of aromatic nitrogens is 4. The van der Waals surface area contributed by atoms with Gasteiger partial charge < -0.3 is 8.98 Å². The van der Waals surface area contributed by atoms with Crippen LogP contribution >= 0.6 is 0 Å². The fourth-order valence-electron chi connectivity index (χ4n) is 7.04. The molecule has 3 heterocycles. The quantitative estimate of drug-likeness (QED) is 0.188. The molecular formula is C45H28N4O. The number of nitrogens with zero attached hydrogens (tertiary/aromatic N) is 4. The average molecular weight is 641 g/mol. The zero-order chi connectivity index (χ0) is 33.0. The van der Waals surface area contributed by atoms with Crippen molar-refractivity contribution in [3.05, 3.63) is 170 Å². The van der Waals surface area contributed by atoms with Crippen LogP contribution in [0.2, 0.25) is 0 Å². The Hall–Kier alpha value is -6.85. The molecule has 0 fully saturated rings. The third-order valence-electron chi connectivity index (χ3n) is 9.45. The molecule has 0 bridgehead atoms. The Morgan fingerprint density at radius 1 is 0.340 bits per heavy atom. The molecule has 0 aliphatic rings. The smallest absolute Gasteiger partial charge is 0.164 e. The lowest BCUT2D eigenvalue weighted by Crippen LogP contribution is -2.00. The first-order valence-electron chi connectivity index (χ1n) is 16.7. The second kappa shape index (κ2) is 11.4. The molecule has 0 spiro atoms. The van der Waals surface area contributed by atoms with E-state index < -0.39 is 0 Å². The highest BCUT2D eigenvalue weighted by atomic mass is 16.3. The lowest BCUT2D eigenvalue weighted by Gasteiger charge is -2.10. The van der Waals surface area contributed by atoms with Gasteiger partial charge in [-0.3, -0.25) is 0 Å². The van der Waals surface area contributed by atoms with E-state index in [4.69, 9.17) is 19.4 Å². The van der Waals surface area contributed by atoms with Crippen molar-refractivity contribution in [3.8, 4) is 51.0 Å². The average Bonchev–Trinajstić information content (AvgIpc) is 3.73. The molecular weight excluding hydrogens is 613 g/mol. The van der Waals surface area contributed by atoms with Crippen LogP contribution in [0, 0.1) is 0 Å². The Bertz CT molecular complexity index is 2800. The summed E-state index contributed by atoms with van der Waals surface area (Å²) in [6.07, 6.45) is 0. The topological polar surface area (TPSA) is 56.7 Å². The Labute approximate surface area is 287 Å². The van der Waals surface area contributed by atoms with E-state index in [9.17, 15) is 0 Å². The predicted molar refractivity (Wildman–Crippen MR) is 203 cm³/mol. The monoisotopic (exact) mass is 640 g/mol. The molecule has 0 atom stereocenters. The van der Waals surface area contributed by atoms with Gasteiger partial charge in [0.25, 0.3) is 0 Å². The summed E-state index contributed by atoms with van der Waals surface area (Å²) in [5.74, 6) is 1.93. The van der Waals surface area contributed by atoms with E-state index >= 15 is 0 Å². The Kier molecular flexibility index (Phi) is 6.42. The number of fused-ring (bicyclic) bond motifs is 6. The molecule has 10 rings (SSSR count). The van der Waals surface area contributed by atoms with Crippen molar-refractivity contribution in [3.63, 3.8) is 0 Å². The van der Waals surface area contributed by atoms with Crippen LogP contribution < -0.4 is 0 Å². The summed E-state index contributed by atoms with van der Waals surface area (Å²) in [7, 11) is 0. The number of hydrogen-bond acceptors (Lipinski definition) is 4. The van der Waals surface area contributed by atoms with Gasteiger partial charge in [0.1, 0.15) is 11.2 Å². The normalized spacial score (nSPS) is 11.6. The van der Waals surface area contributed by atoms with E-state index in [1.807, 2.05) is 66.7 Å². The summed E-state index contributed by atoms with van der Waals surface area (Å²) in [6, 6.07) is 58.6. The minimum atomic E-state index is 0.634. The van der Waals surface area contributed by atoms with Crippen molar-refractivity contribution in [2.45, 2.75) is 0 Å². The molecule has 0 aliphatic heterocycles. The highest BCUT2D eigenvalue weighted by molar-refractivity contribution is 6.11. The number of rotatable bonds is 5. The molecule has 0 saturated carbocycles. The minimum Gasteiger partial charge on any atom is -0.456 e. The molecule has 0 amide bonds. The Morgan fingerprint density at radius 2 is 0.900 bits per heavy atom. The minimum absolute atomic E-state index is 0.634. The summed E-state index contributed by atoms with van der Waals surface area (Å²) >= 11 is 0. The fourth-order valence-corrected chi connectivity index (χ4v) is 7.04. The summed E-state index contributed by atoms with van der Waals surface area (Å²) in [5.41, 5.74) is 10.2. The van der Waals surface area contributed by atoms with E-state index in [0.717, 1.165) is 66.1 Å². The maximum Gasteiger partial charge on any atom is 0.164 e. The first-order valence-corrected chi connectivity index (χ1v) is 16.7. The molecule has 0 unspecified atom stereocenters. The summed E-state index contributed by atoms with van der Waals surface area (Å²) in [5, 5.41) is 4.49. The summed E-state index contributed by atoms with van der Waals surface area (Å²) in [6.45, 7) is 0. The van der Waals surface area contributed by atoms with Crippen LogP contribution in [-0.2, 0) is 0 Å². The van der Waals surface area contributed by atoms with Crippen LogP contribution in [0.25, 0.3) is 94.7 Å². The molecule has 5 heteroatoms. The van der Waals surface area contributed by atoms with E-state index in [0.29, 0.717) is 17.5 Å². The summed E-state index contributed by atoms with van der Waals surface area (Å²) in [4.78, 5) is 14.9. The summed E-state index contributed by atoms with van der Waals surface area (Å²) < 4.78 is 8.76. The molecule has 50 heavy (non-hydrogen) atoms. The van der Waals surface area contributed by atoms with Gasteiger partial charge in [-0.05, 0) is 59.7 Å². The molecule has 0 radical (unpaired) electrons. The highest BCUT2D eigenvalue weighted by Gasteiger charge is 2.18. The van der Waals surface area contributed by atoms with Gasteiger partial charge in [-0.2, -0.15) is 0 Å². The Morgan fingerprint density at radius 3 is 1.60 bits per heavy atom. The molecule has 10 aromatic rings. The number of furan rings is 1. The lowest BCUT2D eigenvalue weighted by molar-refractivity contribution is 0.668. The van der Waals surface area contributed by atoms with Crippen LogP contribution in [0.1, 0.15) is 0 Å². The van der Waals surface area contributed by atoms with Crippen LogP contribution in [0.5, 0.6) is 0 Å². The fraction of sp³-hybridized carbons (Fsp3) is 0.